The van der Waals surface area contributed by atoms with Crippen molar-refractivity contribution in [3.05, 3.63) is 0 Å². The topological polar surface area (TPSA) is 338 Å². The Morgan fingerprint density at radius 2 is 0.483 bits per heavy atom. The van der Waals surface area contributed by atoms with Gasteiger partial charge in [-0.25, -0.2) is 0 Å². The van der Waals surface area contributed by atoms with Gasteiger partial charge in [0, 0.05) is 39.3 Å². The van der Waals surface area contributed by atoms with Crippen LogP contribution in [0.4, 0.5) is 0 Å². The molecule has 160 valence electrons. The number of aliphatic carboxylic acids is 6. The van der Waals surface area contributed by atoms with Crippen LogP contribution in [0, 0.1) is 0 Å². The van der Waals surface area contributed by atoms with E-state index in [0.717, 1.165) is 0 Å². The number of rotatable bonds is 12. The molecule has 0 atom stereocenters. The van der Waals surface area contributed by atoms with Crippen molar-refractivity contribution in [1.82, 2.24) is 28.3 Å². The molecular weight excluding hydrogens is 406 g/mol. The van der Waals surface area contributed by atoms with Crippen LogP contribution in [0.3, 0.4) is 0 Å². The maximum absolute atomic E-state index is 9.59. The normalized spacial score (nSPS) is 8.28. The smallest absolute Gasteiger partial charge is 0.549 e. The van der Waals surface area contributed by atoms with Crippen LogP contribution >= 0.6 is 0 Å². The summed E-state index contributed by atoms with van der Waals surface area (Å²) in [6.45, 7) is -2.79. The number of hydrogen-bond acceptors (Lipinski definition) is 15. The first-order valence-electron chi connectivity index (χ1n) is 6.69. The van der Waals surface area contributed by atoms with E-state index in [4.69, 9.17) is 0 Å². The largest absolute Gasteiger partial charge is 3.00 e. The van der Waals surface area contributed by atoms with Gasteiger partial charge >= 0.3 is 12.3 Å². The van der Waals surface area contributed by atoms with Crippen LogP contribution in [-0.2, 0) is 28.8 Å². The minimum Gasteiger partial charge on any atom is -0.549 e. The van der Waals surface area contributed by atoms with E-state index in [1.54, 1.807) is 0 Å². The molecule has 0 unspecified atom stereocenters. The first-order valence-corrected chi connectivity index (χ1v) is 6.69. The fraction of sp³-hybridized carbons (Fsp3) is 0.500. The highest BCUT2D eigenvalue weighted by atomic mass is 16.4. The van der Waals surface area contributed by atoms with E-state index in [0.29, 0.717) is 0 Å². The van der Waals surface area contributed by atoms with E-state index in [9.17, 15) is 59.4 Å². The molecule has 0 aliphatic heterocycles. The number of carbonyl (C=O) groups excluding carboxylic acids is 6. The molecule has 4 radical (unpaired) electrons. The van der Waals surface area contributed by atoms with Gasteiger partial charge in [0.2, 0.25) is 0 Å². The third kappa shape index (κ3) is 59.2. The maximum Gasteiger partial charge on any atom is 3.00 e. The van der Waals surface area contributed by atoms with Gasteiger partial charge < -0.3 is 75.4 Å². The quantitative estimate of drug-likeness (QED) is 0.263. The Balaban J connectivity index is -0.0000000960. The van der Waals surface area contributed by atoms with Crippen molar-refractivity contribution in [2.45, 2.75) is 0 Å². The molecule has 0 heterocycles. The van der Waals surface area contributed by atoms with Gasteiger partial charge in [-0.1, -0.05) is 0 Å². The predicted molar refractivity (Wildman–Crippen MR) is 72.9 cm³/mol. The van der Waals surface area contributed by atoms with E-state index in [-0.39, 0.29) is 12.3 Å². The monoisotopic (exact) mass is 421 g/mol. The molecule has 0 aromatic heterocycles. The van der Waals surface area contributed by atoms with Gasteiger partial charge in [0.1, 0.15) is 0 Å². The molecule has 0 aromatic rings. The molecule has 0 aromatic carbocycles. The van der Waals surface area contributed by atoms with Gasteiger partial charge in [0.25, 0.3) is 0 Å². The Bertz CT molecular complexity index is 400. The summed E-state index contributed by atoms with van der Waals surface area (Å²) in [7, 11) is 0. The molecule has 3 N–H and O–H groups in total. The molecule has 0 saturated heterocycles. The van der Waals surface area contributed by atoms with Gasteiger partial charge in [-0.3, -0.25) is 0 Å². The number of carboxylic acid groups (broad SMARTS) is 6. The summed E-state index contributed by atoms with van der Waals surface area (Å²) in [6.07, 6.45) is 0. The maximum atomic E-state index is 9.59. The first-order chi connectivity index (χ1) is 12.4. The fourth-order valence-electron chi connectivity index (χ4n) is 0.800. The molecule has 17 heteroatoms. The Morgan fingerprint density at radius 1 is 0.379 bits per heavy atom. The summed E-state index contributed by atoms with van der Waals surface area (Å²) in [5.74, 6) is -8.02. The molecule has 0 spiro atoms. The summed E-state index contributed by atoms with van der Waals surface area (Å²) in [6, 6.07) is 0. The minimum absolute atomic E-state index is 0. The zero-order chi connectivity index (χ0) is 21.8. The van der Waals surface area contributed by atoms with Crippen molar-refractivity contribution in [2.75, 3.05) is 39.3 Å². The van der Waals surface area contributed by atoms with Gasteiger partial charge in [-0.2, -0.15) is 0 Å². The molecule has 0 amide bonds. The van der Waals surface area contributed by atoms with Gasteiger partial charge in [0.15, 0.2) is 0 Å². The lowest BCUT2D eigenvalue weighted by Gasteiger charge is -2.04. The van der Waals surface area contributed by atoms with Crippen molar-refractivity contribution in [3.63, 3.8) is 0 Å². The third-order valence-corrected chi connectivity index (χ3v) is 1.62. The summed E-state index contributed by atoms with van der Waals surface area (Å²) < 4.78 is 0. The molecule has 29 heavy (non-hydrogen) atoms. The average Bonchev–Trinajstić information content (AvgIpc) is 2.46. The van der Waals surface area contributed by atoms with Crippen molar-refractivity contribution < 1.29 is 59.4 Å². The summed E-state index contributed by atoms with van der Waals surface area (Å²) in [4.78, 5) is 57.6. The summed E-state index contributed by atoms with van der Waals surface area (Å²) in [5.41, 5.74) is 0. The number of nitrogens with zero attached hydrogens (tertiary/aromatic N) is 2. The molecule has 0 aliphatic carbocycles. The lowest BCUT2D eigenvalue weighted by atomic mass is 10.6. The standard InChI is InChI=1S/3C4H7NO4.2N/c3*6-3(7)1-5-2-4(8)9;;/h3*5H,1-2H2,(H,6,7)(H,8,9);;/q;;;2*+3/p-6. The Morgan fingerprint density at radius 3 is 0.552 bits per heavy atom. The van der Waals surface area contributed by atoms with Gasteiger partial charge in [0.05, 0.1) is 35.8 Å². The van der Waals surface area contributed by atoms with Crippen molar-refractivity contribution >= 4 is 35.8 Å². The highest BCUT2D eigenvalue weighted by Gasteiger charge is 3.00. The highest BCUT2D eigenvalue weighted by Crippen LogP contribution is 1.56. The van der Waals surface area contributed by atoms with E-state index in [1.165, 1.54) is 0 Å². The molecule has 17 nitrogen and oxygen atoms in total. The third-order valence-electron chi connectivity index (χ3n) is 1.62. The van der Waals surface area contributed by atoms with E-state index in [2.05, 4.69) is 16.0 Å². The van der Waals surface area contributed by atoms with Crippen LogP contribution in [0.2, 0.25) is 0 Å². The molecule has 0 fully saturated rings. The Kier molecular flexibility index (Phi) is 30.0. The lowest BCUT2D eigenvalue weighted by Crippen LogP contribution is -2.40. The SMILES string of the molecule is O=C([O-])CNCC(=O)[O-].O=C([O-])CNCC(=O)[O-].O=C([O-])CNCC(=O)[O-].[N+3].[N+3]. The summed E-state index contributed by atoms with van der Waals surface area (Å²) in [5, 5.41) is 63.7. The fourth-order valence-corrected chi connectivity index (χ4v) is 0.800. The molecule has 0 saturated carbocycles. The van der Waals surface area contributed by atoms with Crippen LogP contribution in [-0.4, -0.2) is 75.1 Å². The zero-order valence-corrected chi connectivity index (χ0v) is 14.5. The first kappa shape index (κ1) is 36.1. The minimum atomic E-state index is -1.34. The van der Waals surface area contributed by atoms with E-state index >= 15 is 0 Å². The van der Waals surface area contributed by atoms with E-state index < -0.39 is 75.1 Å². The number of carboxylic acids is 6. The predicted octanol–water partition coefficient (Wildman–Crippen LogP) is -12.7. The Hall–Kier alpha value is -3.88. The molecule has 0 bridgehead atoms. The van der Waals surface area contributed by atoms with Crippen LogP contribution in [0.5, 0.6) is 0 Å². The lowest BCUT2D eigenvalue weighted by molar-refractivity contribution is -0.308. The Labute approximate surface area is 163 Å². The van der Waals surface area contributed by atoms with Crippen molar-refractivity contribution in [2.24, 2.45) is 0 Å². The van der Waals surface area contributed by atoms with Crippen LogP contribution in [0.25, 0.3) is 0 Å². The second-order valence-electron chi connectivity index (χ2n) is 4.04. The zero-order valence-electron chi connectivity index (χ0n) is 14.5. The van der Waals surface area contributed by atoms with Gasteiger partial charge in [-0.15, -0.1) is 0 Å². The average molecular weight is 421 g/mol. The number of nitrogens with one attached hydrogen (secondary N) is 3. The van der Waals surface area contributed by atoms with Gasteiger partial charge in [-0.05, 0) is 0 Å². The molecule has 0 rings (SSSR count). The van der Waals surface area contributed by atoms with Crippen LogP contribution < -0.4 is 58.9 Å². The highest BCUT2D eigenvalue weighted by molar-refractivity contribution is 5.71. The second kappa shape index (κ2) is 24.1. The molecule has 0 aliphatic rings. The number of carbonyl (C=O) groups is 6. The summed E-state index contributed by atoms with van der Waals surface area (Å²) >= 11 is 0. The second-order valence-corrected chi connectivity index (χ2v) is 4.04. The van der Waals surface area contributed by atoms with Crippen LogP contribution in [0.15, 0.2) is 0 Å². The number of hydrogen-bond donors (Lipinski definition) is 3. The van der Waals surface area contributed by atoms with E-state index in [1.807, 2.05) is 0 Å². The van der Waals surface area contributed by atoms with Crippen molar-refractivity contribution in [3.8, 4) is 0 Å². The van der Waals surface area contributed by atoms with Crippen LogP contribution in [0.1, 0.15) is 0 Å². The molecular formula is C12H15N5O12. The van der Waals surface area contributed by atoms with Crippen molar-refractivity contribution in [1.29, 1.82) is 0 Å².